The first-order valence-electron chi connectivity index (χ1n) is 5.94. The second kappa shape index (κ2) is 6.26. The van der Waals surface area contributed by atoms with Gasteiger partial charge in [-0.2, -0.15) is 0 Å². The van der Waals surface area contributed by atoms with Crippen molar-refractivity contribution in [2.75, 3.05) is 0 Å². The van der Waals surface area contributed by atoms with E-state index in [2.05, 4.69) is 0 Å². The molecule has 2 aromatic rings. The van der Waals surface area contributed by atoms with Crippen molar-refractivity contribution in [1.29, 1.82) is 0 Å². The molecule has 1 aromatic carbocycles. The van der Waals surface area contributed by atoms with Crippen molar-refractivity contribution in [2.24, 2.45) is 10.9 Å². The minimum atomic E-state index is -3.83. The molecule has 0 aliphatic rings. The molecule has 0 atom stereocenters. The lowest BCUT2D eigenvalue weighted by atomic mass is 10.1. The molecule has 0 bridgehead atoms. The Labute approximate surface area is 130 Å². The molecule has 7 nitrogen and oxygen atoms in total. The highest BCUT2D eigenvalue weighted by Crippen LogP contribution is 2.19. The maximum Gasteiger partial charge on any atom is 0.339 e. The number of carbonyl (C=O) groups is 2. The summed E-state index contributed by atoms with van der Waals surface area (Å²) >= 11 is 0.846. The Bertz CT molecular complexity index is 809. The standard InChI is InChI=1S/C13H12N2O5S2/c14-12(16)9-3-1-8(2-4-9)6-20-13(17)10-5-11(21-7-10)22(15,18)19/h1-5,7H,6H2,(H2,14,16)(H2,15,18,19). The molecule has 9 heteroatoms. The summed E-state index contributed by atoms with van der Waals surface area (Å²) in [5.41, 5.74) is 6.25. The number of primary sulfonamides is 1. The van der Waals surface area contributed by atoms with Crippen molar-refractivity contribution in [1.82, 2.24) is 0 Å². The van der Waals surface area contributed by atoms with Crippen molar-refractivity contribution in [3.8, 4) is 0 Å². The molecule has 22 heavy (non-hydrogen) atoms. The van der Waals surface area contributed by atoms with Crippen LogP contribution in [0.15, 0.2) is 39.9 Å². The van der Waals surface area contributed by atoms with Gasteiger partial charge in [-0.15, -0.1) is 11.3 Å². The molecule has 2 rings (SSSR count). The van der Waals surface area contributed by atoms with Gasteiger partial charge in [0.05, 0.1) is 5.56 Å². The lowest BCUT2D eigenvalue weighted by molar-refractivity contribution is 0.0473. The smallest absolute Gasteiger partial charge is 0.339 e. The van der Waals surface area contributed by atoms with Crippen LogP contribution >= 0.6 is 11.3 Å². The number of amides is 1. The molecule has 0 spiro atoms. The van der Waals surface area contributed by atoms with E-state index in [4.69, 9.17) is 15.6 Å². The Kier molecular flexibility index (Phi) is 4.59. The molecule has 0 aliphatic heterocycles. The average molecular weight is 340 g/mol. The molecular formula is C13H12N2O5S2. The van der Waals surface area contributed by atoms with Gasteiger partial charge in [-0.3, -0.25) is 4.79 Å². The van der Waals surface area contributed by atoms with Gasteiger partial charge in [0, 0.05) is 10.9 Å². The number of hydrogen-bond donors (Lipinski definition) is 2. The van der Waals surface area contributed by atoms with Crippen LogP contribution in [0.5, 0.6) is 0 Å². The number of rotatable bonds is 5. The van der Waals surface area contributed by atoms with Gasteiger partial charge < -0.3 is 10.5 Å². The van der Waals surface area contributed by atoms with Gasteiger partial charge in [-0.25, -0.2) is 18.4 Å². The fraction of sp³-hybridized carbons (Fsp3) is 0.0769. The van der Waals surface area contributed by atoms with Crippen LogP contribution < -0.4 is 10.9 Å². The van der Waals surface area contributed by atoms with Crippen LogP contribution in [-0.2, 0) is 21.4 Å². The predicted octanol–water partition coefficient (Wildman–Crippen LogP) is 0.851. The number of nitrogens with two attached hydrogens (primary N) is 2. The highest BCUT2D eigenvalue weighted by atomic mass is 32.2. The summed E-state index contributed by atoms with van der Waals surface area (Å²) < 4.78 is 27.2. The number of hydrogen-bond acceptors (Lipinski definition) is 6. The molecule has 1 aromatic heterocycles. The molecule has 4 N–H and O–H groups in total. The van der Waals surface area contributed by atoms with Gasteiger partial charge in [0.25, 0.3) is 0 Å². The van der Waals surface area contributed by atoms with Gasteiger partial charge in [-0.1, -0.05) is 12.1 Å². The van der Waals surface area contributed by atoms with Crippen LogP contribution in [0.3, 0.4) is 0 Å². The van der Waals surface area contributed by atoms with Crippen molar-refractivity contribution in [2.45, 2.75) is 10.8 Å². The molecule has 0 radical (unpaired) electrons. The molecule has 0 fully saturated rings. The highest BCUT2D eigenvalue weighted by Gasteiger charge is 2.16. The number of ether oxygens (including phenoxy) is 1. The van der Waals surface area contributed by atoms with Gasteiger partial charge in [0.15, 0.2) is 0 Å². The third-order valence-electron chi connectivity index (χ3n) is 2.70. The maximum absolute atomic E-state index is 11.8. The monoisotopic (exact) mass is 340 g/mol. The normalized spacial score (nSPS) is 11.1. The summed E-state index contributed by atoms with van der Waals surface area (Å²) in [6.45, 7) is -0.0154. The number of thiophene rings is 1. The van der Waals surface area contributed by atoms with Crippen LogP contribution in [0, 0.1) is 0 Å². The van der Waals surface area contributed by atoms with E-state index in [0.717, 1.165) is 11.3 Å². The quantitative estimate of drug-likeness (QED) is 0.779. The minimum Gasteiger partial charge on any atom is -0.457 e. The Morgan fingerprint density at radius 2 is 1.77 bits per heavy atom. The Morgan fingerprint density at radius 1 is 1.14 bits per heavy atom. The van der Waals surface area contributed by atoms with Gasteiger partial charge in [-0.05, 0) is 23.8 Å². The highest BCUT2D eigenvalue weighted by molar-refractivity contribution is 7.91. The van der Waals surface area contributed by atoms with Crippen LogP contribution in [0.1, 0.15) is 26.3 Å². The van der Waals surface area contributed by atoms with E-state index in [0.29, 0.717) is 11.1 Å². The van der Waals surface area contributed by atoms with E-state index in [9.17, 15) is 18.0 Å². The van der Waals surface area contributed by atoms with E-state index in [1.54, 1.807) is 12.1 Å². The second-order valence-electron chi connectivity index (χ2n) is 4.34. The number of benzene rings is 1. The second-order valence-corrected chi connectivity index (χ2v) is 7.04. The zero-order valence-electron chi connectivity index (χ0n) is 11.2. The lowest BCUT2D eigenvalue weighted by Crippen LogP contribution is -2.11. The molecule has 1 heterocycles. The van der Waals surface area contributed by atoms with Crippen molar-refractivity contribution < 1.29 is 22.7 Å². The van der Waals surface area contributed by atoms with Crippen molar-refractivity contribution in [3.05, 3.63) is 52.4 Å². The van der Waals surface area contributed by atoms with Crippen LogP contribution in [0.25, 0.3) is 0 Å². The summed E-state index contributed by atoms with van der Waals surface area (Å²) in [4.78, 5) is 22.7. The number of esters is 1. The summed E-state index contributed by atoms with van der Waals surface area (Å²) in [5, 5.41) is 6.33. The summed E-state index contributed by atoms with van der Waals surface area (Å²) in [6, 6.07) is 7.43. The fourth-order valence-corrected chi connectivity index (χ4v) is 3.14. The maximum atomic E-state index is 11.8. The molecule has 116 valence electrons. The van der Waals surface area contributed by atoms with Crippen LogP contribution in [0.4, 0.5) is 0 Å². The molecule has 0 saturated carbocycles. The van der Waals surface area contributed by atoms with E-state index in [1.807, 2.05) is 0 Å². The minimum absolute atomic E-state index is 0.0154. The van der Waals surface area contributed by atoms with E-state index in [1.165, 1.54) is 23.6 Å². The fourth-order valence-electron chi connectivity index (χ4n) is 1.57. The van der Waals surface area contributed by atoms with E-state index in [-0.39, 0.29) is 16.4 Å². The Hall–Kier alpha value is -2.23. The zero-order valence-corrected chi connectivity index (χ0v) is 12.8. The predicted molar refractivity (Wildman–Crippen MR) is 79.8 cm³/mol. The third kappa shape index (κ3) is 3.91. The van der Waals surface area contributed by atoms with E-state index < -0.39 is 21.9 Å². The topological polar surface area (TPSA) is 130 Å². The first kappa shape index (κ1) is 16.1. The number of carbonyl (C=O) groups excluding carboxylic acids is 2. The number of primary amides is 1. The van der Waals surface area contributed by atoms with Gasteiger partial charge in [0.2, 0.25) is 15.9 Å². The van der Waals surface area contributed by atoms with Crippen molar-refractivity contribution >= 4 is 33.2 Å². The number of sulfonamides is 1. The Morgan fingerprint density at radius 3 is 2.27 bits per heavy atom. The van der Waals surface area contributed by atoms with E-state index >= 15 is 0 Å². The molecular weight excluding hydrogens is 328 g/mol. The summed E-state index contributed by atoms with van der Waals surface area (Å²) in [7, 11) is -3.83. The molecule has 0 aliphatic carbocycles. The van der Waals surface area contributed by atoms with Gasteiger partial charge >= 0.3 is 5.97 Å². The largest absolute Gasteiger partial charge is 0.457 e. The van der Waals surface area contributed by atoms with Crippen molar-refractivity contribution in [3.63, 3.8) is 0 Å². The molecule has 0 saturated heterocycles. The van der Waals surface area contributed by atoms with Crippen LogP contribution in [-0.4, -0.2) is 20.3 Å². The summed E-state index contributed by atoms with van der Waals surface area (Å²) in [5.74, 6) is -1.21. The SMILES string of the molecule is NC(=O)c1ccc(COC(=O)c2csc(S(N)(=O)=O)c2)cc1. The first-order chi connectivity index (χ1) is 10.3. The first-order valence-corrected chi connectivity index (χ1v) is 8.37. The van der Waals surface area contributed by atoms with Gasteiger partial charge in [0.1, 0.15) is 10.8 Å². The van der Waals surface area contributed by atoms with Crippen LogP contribution in [0.2, 0.25) is 0 Å². The summed E-state index contributed by atoms with van der Waals surface area (Å²) in [6.07, 6.45) is 0. The average Bonchev–Trinajstić information content (AvgIpc) is 2.95. The Balaban J connectivity index is 2.00. The molecule has 1 amide bonds. The lowest BCUT2D eigenvalue weighted by Gasteiger charge is -2.04. The third-order valence-corrected chi connectivity index (χ3v) is 5.09. The molecule has 0 unspecified atom stereocenters. The zero-order chi connectivity index (χ0) is 16.3.